The van der Waals surface area contributed by atoms with Crippen molar-refractivity contribution in [3.63, 3.8) is 0 Å². The Morgan fingerprint density at radius 2 is 1.88 bits per heavy atom. The van der Waals surface area contributed by atoms with Crippen LogP contribution in [-0.4, -0.2) is 18.2 Å². The minimum atomic E-state index is -2.85. The molecule has 0 fully saturated rings. The molecule has 0 amide bonds. The van der Waals surface area contributed by atoms with Crippen LogP contribution in [0, 0.1) is 0 Å². The van der Waals surface area contributed by atoms with Crippen LogP contribution >= 0.6 is 0 Å². The first-order chi connectivity index (χ1) is 16.4. The van der Waals surface area contributed by atoms with Crippen LogP contribution in [0.2, 0.25) is 0 Å². The average molecular weight is 467 g/mol. The van der Waals surface area contributed by atoms with Gasteiger partial charge in [0.2, 0.25) is 0 Å². The first-order valence-corrected chi connectivity index (χ1v) is 10.5. The molecule has 6 nitrogen and oxygen atoms in total. The van der Waals surface area contributed by atoms with E-state index in [9.17, 15) is 18.7 Å². The van der Waals surface area contributed by atoms with Crippen molar-refractivity contribution in [1.29, 1.82) is 0 Å². The lowest BCUT2D eigenvalue weighted by Crippen LogP contribution is -2.05. The van der Waals surface area contributed by atoms with Gasteiger partial charge < -0.3 is 24.7 Å². The fourth-order valence-electron chi connectivity index (χ4n) is 3.81. The van der Waals surface area contributed by atoms with Crippen LogP contribution in [0.5, 0.6) is 11.5 Å². The minimum absolute atomic E-state index is 0.200. The van der Waals surface area contributed by atoms with Crippen molar-refractivity contribution in [3.8, 4) is 22.6 Å². The monoisotopic (exact) mass is 467 g/mol. The van der Waals surface area contributed by atoms with E-state index < -0.39 is 18.2 Å². The average Bonchev–Trinajstić information content (AvgIpc) is 3.21. The largest absolute Gasteiger partial charge is 0.497 e. The number of hydrogen-bond acceptors (Lipinski definition) is 5. The highest BCUT2D eigenvalue weighted by atomic mass is 19.3. The number of carbonyl (C=O) groups is 1. The number of alkyl halides is 2. The number of rotatable bonds is 9. The Kier molecular flexibility index (Phi) is 6.79. The van der Waals surface area contributed by atoms with E-state index in [2.05, 4.69) is 0 Å². The smallest absolute Gasteiger partial charge is 0.307 e. The molecule has 8 heteroatoms. The standard InChI is InChI=1S/C26H23F2NO5/c1-32-19-7-5-18(11-24(30)31)23(12-19)33-14-21-20-10-17(16-4-2-3-15(9-16)13-29)6-8-22(20)34-25(21)26(27)28/h2-10,12,26H,11,13-14,29H2,1H3,(H,30,31). The van der Waals surface area contributed by atoms with Crippen LogP contribution in [0.1, 0.15) is 28.9 Å². The zero-order valence-corrected chi connectivity index (χ0v) is 18.4. The van der Waals surface area contributed by atoms with Crippen LogP contribution in [0.3, 0.4) is 0 Å². The lowest BCUT2D eigenvalue weighted by molar-refractivity contribution is -0.136. The van der Waals surface area contributed by atoms with Crippen molar-refractivity contribution >= 4 is 16.9 Å². The molecule has 4 rings (SSSR count). The summed E-state index contributed by atoms with van der Waals surface area (Å²) >= 11 is 0. The second kappa shape index (κ2) is 9.93. The van der Waals surface area contributed by atoms with Gasteiger partial charge in [0.25, 0.3) is 6.43 Å². The highest BCUT2D eigenvalue weighted by Gasteiger charge is 2.23. The van der Waals surface area contributed by atoms with Gasteiger partial charge in [-0.15, -0.1) is 0 Å². The quantitative estimate of drug-likeness (QED) is 0.327. The second-order valence-electron chi connectivity index (χ2n) is 7.69. The molecule has 0 aliphatic rings. The van der Waals surface area contributed by atoms with Crippen molar-refractivity contribution in [2.75, 3.05) is 7.11 Å². The molecule has 3 N–H and O–H groups in total. The van der Waals surface area contributed by atoms with E-state index in [4.69, 9.17) is 19.6 Å². The SMILES string of the molecule is COc1ccc(CC(=O)O)c(OCc2c(C(F)F)oc3ccc(-c4cccc(CN)c4)cc23)c1. The molecule has 1 heterocycles. The van der Waals surface area contributed by atoms with Gasteiger partial charge in [-0.25, -0.2) is 8.78 Å². The van der Waals surface area contributed by atoms with E-state index in [1.807, 2.05) is 24.3 Å². The van der Waals surface area contributed by atoms with E-state index in [0.29, 0.717) is 28.8 Å². The maximum atomic E-state index is 13.8. The highest BCUT2D eigenvalue weighted by Crippen LogP contribution is 2.36. The van der Waals surface area contributed by atoms with Gasteiger partial charge >= 0.3 is 5.97 Å². The fourth-order valence-corrected chi connectivity index (χ4v) is 3.81. The topological polar surface area (TPSA) is 94.9 Å². The first-order valence-electron chi connectivity index (χ1n) is 10.5. The summed E-state index contributed by atoms with van der Waals surface area (Å²) in [6, 6.07) is 17.6. The summed E-state index contributed by atoms with van der Waals surface area (Å²) in [5.41, 5.74) is 9.32. The number of aliphatic carboxylic acids is 1. The zero-order valence-electron chi connectivity index (χ0n) is 18.4. The molecule has 3 aromatic carbocycles. The molecule has 0 unspecified atom stereocenters. The number of furan rings is 1. The normalized spacial score (nSPS) is 11.2. The number of carboxylic acids is 1. The van der Waals surface area contributed by atoms with Crippen molar-refractivity contribution in [1.82, 2.24) is 0 Å². The molecular weight excluding hydrogens is 444 g/mol. The molecule has 0 aliphatic heterocycles. The summed E-state index contributed by atoms with van der Waals surface area (Å²) in [7, 11) is 1.47. The Morgan fingerprint density at radius 1 is 1.09 bits per heavy atom. The summed E-state index contributed by atoms with van der Waals surface area (Å²) in [6.07, 6.45) is -3.13. The minimum Gasteiger partial charge on any atom is -0.497 e. The number of halogens is 2. The highest BCUT2D eigenvalue weighted by molar-refractivity contribution is 5.87. The summed E-state index contributed by atoms with van der Waals surface area (Å²) in [6.45, 7) is 0.147. The molecule has 176 valence electrons. The molecule has 0 saturated carbocycles. The predicted octanol–water partition coefficient (Wildman–Crippen LogP) is 5.71. The van der Waals surface area contributed by atoms with E-state index in [-0.39, 0.29) is 24.3 Å². The van der Waals surface area contributed by atoms with Crippen molar-refractivity contribution in [3.05, 3.63) is 83.1 Å². The van der Waals surface area contributed by atoms with Crippen LogP contribution in [0.25, 0.3) is 22.1 Å². The molecule has 34 heavy (non-hydrogen) atoms. The summed E-state index contributed by atoms with van der Waals surface area (Å²) < 4.78 is 44.1. The summed E-state index contributed by atoms with van der Waals surface area (Å²) in [5.74, 6) is -0.826. The number of hydrogen-bond donors (Lipinski definition) is 2. The van der Waals surface area contributed by atoms with Crippen molar-refractivity contribution in [2.45, 2.75) is 26.0 Å². The number of methoxy groups -OCH3 is 1. The Labute approximate surface area is 194 Å². The Bertz CT molecular complexity index is 1330. The van der Waals surface area contributed by atoms with Crippen molar-refractivity contribution < 1.29 is 32.6 Å². The molecule has 0 aliphatic carbocycles. The molecule has 0 saturated heterocycles. The molecule has 0 radical (unpaired) electrons. The van der Waals surface area contributed by atoms with Gasteiger partial charge in [-0.3, -0.25) is 4.79 Å². The molecule has 1 aromatic heterocycles. The van der Waals surface area contributed by atoms with Gasteiger partial charge in [-0.2, -0.15) is 0 Å². The third kappa shape index (κ3) is 4.87. The van der Waals surface area contributed by atoms with Gasteiger partial charge in [0.1, 0.15) is 23.7 Å². The number of nitrogens with two attached hydrogens (primary N) is 1. The van der Waals surface area contributed by atoms with Gasteiger partial charge in [-0.1, -0.05) is 30.3 Å². The van der Waals surface area contributed by atoms with Crippen LogP contribution < -0.4 is 15.2 Å². The maximum absolute atomic E-state index is 13.8. The lowest BCUT2D eigenvalue weighted by Gasteiger charge is -2.12. The van der Waals surface area contributed by atoms with Gasteiger partial charge in [-0.05, 0) is 41.0 Å². The van der Waals surface area contributed by atoms with Crippen LogP contribution in [0.15, 0.2) is 65.1 Å². The molecule has 0 spiro atoms. The molecular formula is C26H23F2NO5. The molecule has 4 aromatic rings. The summed E-state index contributed by atoms with van der Waals surface area (Å²) in [5, 5.41) is 9.69. The van der Waals surface area contributed by atoms with Gasteiger partial charge in [0.15, 0.2) is 5.76 Å². The fraction of sp³-hybridized carbons (Fsp3) is 0.192. The number of benzene rings is 3. The van der Waals surface area contributed by atoms with Crippen molar-refractivity contribution in [2.24, 2.45) is 5.73 Å². The van der Waals surface area contributed by atoms with E-state index in [1.54, 1.807) is 30.3 Å². The lowest BCUT2D eigenvalue weighted by atomic mass is 10.0. The van der Waals surface area contributed by atoms with E-state index >= 15 is 0 Å². The third-order valence-corrected chi connectivity index (χ3v) is 5.50. The Hall–Kier alpha value is -3.91. The first kappa shape index (κ1) is 23.3. The van der Waals surface area contributed by atoms with E-state index in [1.165, 1.54) is 13.2 Å². The molecule has 0 atom stereocenters. The predicted molar refractivity (Wildman–Crippen MR) is 123 cm³/mol. The maximum Gasteiger partial charge on any atom is 0.307 e. The van der Waals surface area contributed by atoms with Crippen LogP contribution in [0.4, 0.5) is 8.78 Å². The number of carboxylic acid groups (broad SMARTS) is 1. The summed E-state index contributed by atoms with van der Waals surface area (Å²) in [4.78, 5) is 11.2. The number of ether oxygens (including phenoxy) is 2. The number of fused-ring (bicyclic) bond motifs is 1. The third-order valence-electron chi connectivity index (χ3n) is 5.50. The van der Waals surface area contributed by atoms with E-state index in [0.717, 1.165) is 16.7 Å². The van der Waals surface area contributed by atoms with Crippen LogP contribution in [-0.2, 0) is 24.4 Å². The Balaban J connectivity index is 1.74. The zero-order chi connectivity index (χ0) is 24.2. The Morgan fingerprint density at radius 3 is 2.59 bits per heavy atom. The second-order valence-corrected chi connectivity index (χ2v) is 7.69. The van der Waals surface area contributed by atoms with Gasteiger partial charge in [0, 0.05) is 29.1 Å². The molecule has 0 bridgehead atoms. The van der Waals surface area contributed by atoms with Gasteiger partial charge in [0.05, 0.1) is 13.5 Å².